The van der Waals surface area contributed by atoms with Crippen LogP contribution in [-0.4, -0.2) is 26.6 Å². The van der Waals surface area contributed by atoms with E-state index in [4.69, 9.17) is 11.6 Å². The Morgan fingerprint density at radius 2 is 1.58 bits per heavy atom. The Labute approximate surface area is 200 Å². The lowest BCUT2D eigenvalue weighted by atomic mass is 10.1. The van der Waals surface area contributed by atoms with Crippen molar-refractivity contribution in [2.75, 3.05) is 4.90 Å². The van der Waals surface area contributed by atoms with Crippen LogP contribution in [0.1, 0.15) is 33.2 Å². The molecular weight excluding hydrogens is 456 g/mol. The Morgan fingerprint density at radius 1 is 0.879 bits per heavy atom. The van der Waals surface area contributed by atoms with E-state index in [-0.39, 0.29) is 11.8 Å². The number of benzene rings is 3. The van der Waals surface area contributed by atoms with Crippen molar-refractivity contribution < 1.29 is 9.59 Å². The number of nitrogens with zero attached hydrogens (tertiary/aromatic N) is 4. The van der Waals surface area contributed by atoms with Crippen molar-refractivity contribution in [2.45, 2.75) is 24.4 Å². The lowest BCUT2D eigenvalue weighted by Crippen LogP contribution is -2.29. The van der Waals surface area contributed by atoms with E-state index in [1.54, 1.807) is 48.2 Å². The molecule has 0 radical (unpaired) electrons. The van der Waals surface area contributed by atoms with Crippen molar-refractivity contribution in [1.29, 1.82) is 0 Å². The molecule has 0 fully saturated rings. The van der Waals surface area contributed by atoms with Gasteiger partial charge in [0.05, 0.1) is 16.8 Å². The summed E-state index contributed by atoms with van der Waals surface area (Å²) in [4.78, 5) is 26.7. The molecule has 0 aliphatic carbocycles. The van der Waals surface area contributed by atoms with Gasteiger partial charge in [-0.3, -0.25) is 9.59 Å². The molecule has 0 bridgehead atoms. The van der Waals surface area contributed by atoms with Crippen LogP contribution in [0.2, 0.25) is 5.02 Å². The Balaban J connectivity index is 1.38. The van der Waals surface area contributed by atoms with Crippen LogP contribution >= 0.6 is 23.4 Å². The SMILES string of the molecule is CCn1c(SCc2cccc(Cl)c2)nnc1-c1ccc(N2C(=O)c3ccccc3C2=O)cc1. The van der Waals surface area contributed by atoms with Crippen LogP contribution in [0.3, 0.4) is 0 Å². The standard InChI is InChI=1S/C25H19ClN4O2S/c1-2-29-22(27-28-25(29)33-15-16-6-5-7-18(26)14-16)17-10-12-19(13-11-17)30-23(31)20-8-3-4-9-21(20)24(30)32/h3-14H,2,15H2,1H3. The number of carbonyl (C=O) groups is 2. The topological polar surface area (TPSA) is 68.1 Å². The summed E-state index contributed by atoms with van der Waals surface area (Å²) in [5, 5.41) is 10.3. The van der Waals surface area contributed by atoms with E-state index in [1.807, 2.05) is 47.9 Å². The molecule has 4 aromatic rings. The van der Waals surface area contributed by atoms with Crippen molar-refractivity contribution in [2.24, 2.45) is 0 Å². The Hall–Kier alpha value is -3.42. The third-order valence-corrected chi connectivity index (χ3v) is 6.74. The molecule has 1 aliphatic heterocycles. The van der Waals surface area contributed by atoms with Gasteiger partial charge in [0.25, 0.3) is 11.8 Å². The second kappa shape index (κ2) is 8.84. The quantitative estimate of drug-likeness (QED) is 0.264. The maximum absolute atomic E-state index is 12.7. The molecule has 6 nitrogen and oxygen atoms in total. The highest BCUT2D eigenvalue weighted by atomic mass is 35.5. The van der Waals surface area contributed by atoms with Gasteiger partial charge in [0.1, 0.15) is 0 Å². The number of amides is 2. The Kier molecular flexibility index (Phi) is 5.74. The maximum atomic E-state index is 12.7. The molecule has 33 heavy (non-hydrogen) atoms. The fourth-order valence-electron chi connectivity index (χ4n) is 3.85. The van der Waals surface area contributed by atoms with Crippen LogP contribution < -0.4 is 4.90 Å². The monoisotopic (exact) mass is 474 g/mol. The van der Waals surface area contributed by atoms with Crippen molar-refractivity contribution >= 4 is 40.9 Å². The van der Waals surface area contributed by atoms with E-state index in [1.165, 1.54) is 4.90 Å². The van der Waals surface area contributed by atoms with Gasteiger partial charge in [-0.15, -0.1) is 10.2 Å². The summed E-state index contributed by atoms with van der Waals surface area (Å²) >= 11 is 7.68. The third-order valence-electron chi connectivity index (χ3n) is 5.47. The van der Waals surface area contributed by atoms with Crippen LogP contribution in [-0.2, 0) is 12.3 Å². The minimum Gasteiger partial charge on any atom is -0.302 e. The first kappa shape index (κ1) is 21.4. The first-order valence-corrected chi connectivity index (χ1v) is 11.8. The number of rotatable bonds is 6. The van der Waals surface area contributed by atoms with Gasteiger partial charge in [0.2, 0.25) is 0 Å². The second-order valence-corrected chi connectivity index (χ2v) is 8.89. The van der Waals surface area contributed by atoms with Gasteiger partial charge in [-0.25, -0.2) is 4.90 Å². The van der Waals surface area contributed by atoms with E-state index < -0.39 is 0 Å². The second-order valence-electron chi connectivity index (χ2n) is 7.51. The summed E-state index contributed by atoms with van der Waals surface area (Å²) in [7, 11) is 0. The highest BCUT2D eigenvalue weighted by Crippen LogP contribution is 2.31. The highest BCUT2D eigenvalue weighted by molar-refractivity contribution is 7.98. The zero-order valence-electron chi connectivity index (χ0n) is 17.7. The molecule has 0 N–H and O–H groups in total. The van der Waals surface area contributed by atoms with Gasteiger partial charge in [0, 0.05) is 22.9 Å². The van der Waals surface area contributed by atoms with E-state index in [0.29, 0.717) is 28.4 Å². The number of carbonyl (C=O) groups excluding carboxylic acids is 2. The molecule has 0 saturated heterocycles. The van der Waals surface area contributed by atoms with Crippen LogP contribution in [0.15, 0.2) is 78.0 Å². The zero-order valence-corrected chi connectivity index (χ0v) is 19.3. The van der Waals surface area contributed by atoms with Gasteiger partial charge in [-0.2, -0.15) is 0 Å². The Bertz CT molecular complexity index is 1330. The molecule has 2 heterocycles. The molecule has 0 spiro atoms. The van der Waals surface area contributed by atoms with E-state index in [0.717, 1.165) is 27.9 Å². The molecule has 2 amide bonds. The summed E-state index contributed by atoms with van der Waals surface area (Å²) < 4.78 is 2.05. The average Bonchev–Trinajstić information content (AvgIpc) is 3.36. The fourth-order valence-corrected chi connectivity index (χ4v) is 5.01. The summed E-state index contributed by atoms with van der Waals surface area (Å²) in [6.45, 7) is 2.75. The van der Waals surface area contributed by atoms with E-state index >= 15 is 0 Å². The summed E-state index contributed by atoms with van der Waals surface area (Å²) in [6, 6.07) is 21.9. The Morgan fingerprint density at radius 3 is 2.21 bits per heavy atom. The number of imide groups is 1. The number of anilines is 1. The molecule has 0 atom stereocenters. The van der Waals surface area contributed by atoms with Crippen molar-refractivity contribution in [3.8, 4) is 11.4 Å². The third kappa shape index (κ3) is 3.94. The predicted octanol–water partition coefficient (Wildman–Crippen LogP) is 5.71. The number of hydrogen-bond acceptors (Lipinski definition) is 5. The summed E-state index contributed by atoms with van der Waals surface area (Å²) in [6.07, 6.45) is 0. The van der Waals surface area contributed by atoms with Crippen LogP contribution in [0.5, 0.6) is 0 Å². The number of hydrogen-bond donors (Lipinski definition) is 0. The molecule has 164 valence electrons. The van der Waals surface area contributed by atoms with Crippen LogP contribution in [0, 0.1) is 0 Å². The van der Waals surface area contributed by atoms with Gasteiger partial charge >= 0.3 is 0 Å². The molecule has 5 rings (SSSR count). The predicted molar refractivity (Wildman–Crippen MR) is 130 cm³/mol. The van der Waals surface area contributed by atoms with E-state index in [9.17, 15) is 9.59 Å². The minimum atomic E-state index is -0.306. The average molecular weight is 475 g/mol. The normalized spacial score (nSPS) is 13.0. The smallest absolute Gasteiger partial charge is 0.266 e. The number of halogens is 1. The van der Waals surface area contributed by atoms with Gasteiger partial charge in [-0.1, -0.05) is 47.6 Å². The number of fused-ring (bicyclic) bond motifs is 1. The molecule has 1 aliphatic rings. The lowest BCUT2D eigenvalue weighted by molar-refractivity contribution is 0.0926. The molecule has 3 aromatic carbocycles. The largest absolute Gasteiger partial charge is 0.302 e. The van der Waals surface area contributed by atoms with E-state index in [2.05, 4.69) is 10.2 Å². The van der Waals surface area contributed by atoms with Crippen LogP contribution in [0.4, 0.5) is 5.69 Å². The number of thioether (sulfide) groups is 1. The first-order valence-electron chi connectivity index (χ1n) is 10.5. The summed E-state index contributed by atoms with van der Waals surface area (Å²) in [5.74, 6) is 0.858. The van der Waals surface area contributed by atoms with Crippen molar-refractivity contribution in [3.63, 3.8) is 0 Å². The van der Waals surface area contributed by atoms with Crippen molar-refractivity contribution in [3.05, 3.63) is 94.5 Å². The fraction of sp³-hybridized carbons (Fsp3) is 0.120. The number of aromatic nitrogens is 3. The maximum Gasteiger partial charge on any atom is 0.266 e. The molecule has 0 unspecified atom stereocenters. The van der Waals surface area contributed by atoms with Gasteiger partial charge in [-0.05, 0) is 61.0 Å². The molecule has 0 saturated carbocycles. The first-order chi connectivity index (χ1) is 16.1. The molecule has 8 heteroatoms. The zero-order chi connectivity index (χ0) is 22.9. The highest BCUT2D eigenvalue weighted by Gasteiger charge is 2.36. The van der Waals surface area contributed by atoms with Gasteiger partial charge < -0.3 is 4.57 Å². The van der Waals surface area contributed by atoms with Gasteiger partial charge in [0.15, 0.2) is 11.0 Å². The molecule has 1 aromatic heterocycles. The van der Waals surface area contributed by atoms with Crippen molar-refractivity contribution in [1.82, 2.24) is 14.8 Å². The summed E-state index contributed by atoms with van der Waals surface area (Å²) in [5.41, 5.74) is 3.37. The minimum absolute atomic E-state index is 0.306. The lowest BCUT2D eigenvalue weighted by Gasteiger charge is -2.14. The molecular formula is C25H19ClN4O2S. The van der Waals surface area contributed by atoms with Crippen LogP contribution in [0.25, 0.3) is 11.4 Å².